The first-order chi connectivity index (χ1) is 12.8. The molecule has 0 aliphatic rings. The van der Waals surface area contributed by atoms with Gasteiger partial charge in [0.25, 0.3) is 0 Å². The smallest absolute Gasteiger partial charge is 0.141 e. The molecule has 2 aromatic carbocycles. The van der Waals surface area contributed by atoms with Crippen LogP contribution in [0, 0.1) is 0 Å². The molecule has 4 nitrogen and oxygen atoms in total. The highest BCUT2D eigenvalue weighted by molar-refractivity contribution is 5.84. The van der Waals surface area contributed by atoms with Crippen molar-refractivity contribution < 1.29 is 4.74 Å². The van der Waals surface area contributed by atoms with Gasteiger partial charge in [-0.15, -0.1) is 0 Å². The molecular weight excluding hydrogens is 322 g/mol. The minimum Gasteiger partial charge on any atom is -0.497 e. The van der Waals surface area contributed by atoms with Crippen LogP contribution in [0.2, 0.25) is 0 Å². The Morgan fingerprint density at radius 2 is 1.73 bits per heavy atom. The average Bonchev–Trinajstić information content (AvgIpc) is 3.14. The Kier molecular flexibility index (Phi) is 4.65. The average molecular weight is 343 g/mol. The lowest BCUT2D eigenvalue weighted by Crippen LogP contribution is -1.94. The van der Waals surface area contributed by atoms with E-state index in [4.69, 9.17) is 4.74 Å². The highest BCUT2D eigenvalue weighted by Crippen LogP contribution is 2.26. The summed E-state index contributed by atoms with van der Waals surface area (Å²) in [5.74, 6) is 0.853. The van der Waals surface area contributed by atoms with Gasteiger partial charge in [0.15, 0.2) is 0 Å². The molecule has 2 aromatic heterocycles. The van der Waals surface area contributed by atoms with Gasteiger partial charge in [-0.1, -0.05) is 30.3 Å². The van der Waals surface area contributed by atoms with Crippen molar-refractivity contribution in [3.8, 4) is 17.0 Å². The molecule has 1 N–H and O–H groups in total. The van der Waals surface area contributed by atoms with Gasteiger partial charge in [0, 0.05) is 11.1 Å². The molecule has 0 aliphatic carbocycles. The van der Waals surface area contributed by atoms with Gasteiger partial charge in [-0.2, -0.15) is 0 Å². The van der Waals surface area contributed by atoms with Crippen LogP contribution < -0.4 is 4.74 Å². The summed E-state index contributed by atoms with van der Waals surface area (Å²) in [5, 5.41) is 1.10. The molecular formula is C22H21N3O. The second-order valence-corrected chi connectivity index (χ2v) is 6.33. The zero-order chi connectivity index (χ0) is 17.8. The third kappa shape index (κ3) is 3.45. The summed E-state index contributed by atoms with van der Waals surface area (Å²) in [6.45, 7) is 0. The maximum absolute atomic E-state index is 5.23. The number of fused-ring (bicyclic) bond motifs is 1. The predicted octanol–water partition coefficient (Wildman–Crippen LogP) is 4.81. The Hall–Kier alpha value is -3.14. The van der Waals surface area contributed by atoms with E-state index in [-0.39, 0.29) is 0 Å². The van der Waals surface area contributed by atoms with Crippen LogP contribution in [0.15, 0.2) is 67.0 Å². The minimum atomic E-state index is 0.853. The number of nitrogens with one attached hydrogen (secondary N) is 1. The number of aryl methyl sites for hydroxylation is 2. The van der Waals surface area contributed by atoms with E-state index in [0.29, 0.717) is 0 Å². The number of hydrogen-bond donors (Lipinski definition) is 1. The van der Waals surface area contributed by atoms with E-state index < -0.39 is 0 Å². The van der Waals surface area contributed by atoms with Gasteiger partial charge < -0.3 is 9.72 Å². The number of ether oxygens (including phenoxy) is 1. The first-order valence-corrected chi connectivity index (χ1v) is 8.84. The monoisotopic (exact) mass is 343 g/mol. The van der Waals surface area contributed by atoms with Crippen molar-refractivity contribution in [2.45, 2.75) is 19.3 Å². The molecule has 0 fully saturated rings. The van der Waals surface area contributed by atoms with Gasteiger partial charge in [0.2, 0.25) is 0 Å². The fourth-order valence-corrected chi connectivity index (χ4v) is 3.22. The number of aromatic nitrogens is 3. The molecule has 0 aliphatic heterocycles. The Labute approximate surface area is 152 Å². The van der Waals surface area contributed by atoms with E-state index in [0.717, 1.165) is 53.0 Å². The van der Waals surface area contributed by atoms with Crippen LogP contribution in [0.1, 0.15) is 17.7 Å². The molecule has 0 bridgehead atoms. The number of hydrogen-bond acceptors (Lipinski definition) is 3. The third-order valence-electron chi connectivity index (χ3n) is 4.63. The second kappa shape index (κ2) is 7.40. The molecule has 4 heteroatoms. The summed E-state index contributed by atoms with van der Waals surface area (Å²) in [7, 11) is 1.68. The van der Waals surface area contributed by atoms with E-state index in [9.17, 15) is 0 Å². The van der Waals surface area contributed by atoms with Crippen LogP contribution in [0.4, 0.5) is 0 Å². The third-order valence-corrected chi connectivity index (χ3v) is 4.63. The van der Waals surface area contributed by atoms with Crippen LogP contribution in [0.25, 0.3) is 22.3 Å². The molecule has 0 atom stereocenters. The standard InChI is InChI=1S/C22H21N3O/c1-26-18-12-10-17(11-13-18)21-14-19-20(23-15-24-22(19)25-21)9-5-8-16-6-3-2-4-7-16/h2-4,6-7,10-15H,5,8-9H2,1H3,(H,23,24,25). The van der Waals surface area contributed by atoms with Crippen molar-refractivity contribution in [2.75, 3.05) is 7.11 Å². The lowest BCUT2D eigenvalue weighted by Gasteiger charge is -2.02. The number of benzene rings is 2. The largest absolute Gasteiger partial charge is 0.497 e. The zero-order valence-electron chi connectivity index (χ0n) is 14.8. The minimum absolute atomic E-state index is 0.853. The molecule has 0 saturated heterocycles. The van der Waals surface area contributed by atoms with E-state index in [1.165, 1.54) is 5.56 Å². The van der Waals surface area contributed by atoms with Crippen LogP contribution >= 0.6 is 0 Å². The van der Waals surface area contributed by atoms with Gasteiger partial charge in [0.1, 0.15) is 17.7 Å². The lowest BCUT2D eigenvalue weighted by molar-refractivity contribution is 0.415. The number of rotatable bonds is 6. The van der Waals surface area contributed by atoms with E-state index in [2.05, 4.69) is 51.4 Å². The highest BCUT2D eigenvalue weighted by Gasteiger charge is 2.09. The molecule has 0 amide bonds. The van der Waals surface area contributed by atoms with Crippen LogP contribution in [-0.2, 0) is 12.8 Å². The van der Waals surface area contributed by atoms with Crippen molar-refractivity contribution in [3.63, 3.8) is 0 Å². The van der Waals surface area contributed by atoms with E-state index in [1.807, 2.05) is 24.3 Å². The van der Waals surface area contributed by atoms with Crippen molar-refractivity contribution in [2.24, 2.45) is 0 Å². The molecule has 0 saturated carbocycles. The number of H-pyrrole nitrogens is 1. The molecule has 0 unspecified atom stereocenters. The van der Waals surface area contributed by atoms with Crippen molar-refractivity contribution >= 4 is 11.0 Å². The van der Waals surface area contributed by atoms with Crippen molar-refractivity contribution in [3.05, 3.63) is 78.2 Å². The van der Waals surface area contributed by atoms with Gasteiger partial charge in [0.05, 0.1) is 12.8 Å². The quantitative estimate of drug-likeness (QED) is 0.547. The van der Waals surface area contributed by atoms with Crippen molar-refractivity contribution in [1.82, 2.24) is 15.0 Å². The Balaban J connectivity index is 1.55. The molecule has 26 heavy (non-hydrogen) atoms. The number of aromatic amines is 1. The number of methoxy groups -OCH3 is 1. The highest BCUT2D eigenvalue weighted by atomic mass is 16.5. The van der Waals surface area contributed by atoms with Crippen LogP contribution in [-0.4, -0.2) is 22.1 Å². The molecule has 4 aromatic rings. The van der Waals surface area contributed by atoms with E-state index >= 15 is 0 Å². The Morgan fingerprint density at radius 3 is 2.50 bits per heavy atom. The lowest BCUT2D eigenvalue weighted by atomic mass is 10.1. The summed E-state index contributed by atoms with van der Waals surface area (Å²) in [4.78, 5) is 12.3. The summed E-state index contributed by atoms with van der Waals surface area (Å²) >= 11 is 0. The first kappa shape index (κ1) is 16.3. The molecule has 2 heterocycles. The van der Waals surface area contributed by atoms with E-state index in [1.54, 1.807) is 13.4 Å². The second-order valence-electron chi connectivity index (χ2n) is 6.33. The maximum Gasteiger partial charge on any atom is 0.141 e. The topological polar surface area (TPSA) is 50.8 Å². The summed E-state index contributed by atoms with van der Waals surface area (Å²) in [5.41, 5.74) is 5.51. The fourth-order valence-electron chi connectivity index (χ4n) is 3.22. The number of nitrogens with zero attached hydrogens (tertiary/aromatic N) is 2. The Bertz CT molecular complexity index is 991. The summed E-state index contributed by atoms with van der Waals surface area (Å²) < 4.78 is 5.23. The molecule has 0 spiro atoms. The van der Waals surface area contributed by atoms with Gasteiger partial charge in [-0.05, 0) is 60.7 Å². The molecule has 130 valence electrons. The zero-order valence-corrected chi connectivity index (χ0v) is 14.8. The normalized spacial score (nSPS) is 11.0. The predicted molar refractivity (Wildman–Crippen MR) is 104 cm³/mol. The first-order valence-electron chi connectivity index (χ1n) is 8.84. The molecule has 0 radical (unpaired) electrons. The summed E-state index contributed by atoms with van der Waals surface area (Å²) in [6, 6.07) is 20.8. The Morgan fingerprint density at radius 1 is 0.923 bits per heavy atom. The summed E-state index contributed by atoms with van der Waals surface area (Å²) in [6.07, 6.45) is 4.71. The fraction of sp³-hybridized carbons (Fsp3) is 0.182. The van der Waals surface area contributed by atoms with Gasteiger partial charge in [-0.3, -0.25) is 0 Å². The van der Waals surface area contributed by atoms with Crippen LogP contribution in [0.5, 0.6) is 5.75 Å². The van der Waals surface area contributed by atoms with Crippen molar-refractivity contribution in [1.29, 1.82) is 0 Å². The van der Waals surface area contributed by atoms with Gasteiger partial charge in [-0.25, -0.2) is 9.97 Å². The SMILES string of the molecule is COc1ccc(-c2cc3c(CCCc4ccccc4)ncnc3[nH]2)cc1. The molecule has 4 rings (SSSR count). The van der Waals surface area contributed by atoms with Gasteiger partial charge >= 0.3 is 0 Å². The van der Waals surface area contributed by atoms with Crippen LogP contribution in [0.3, 0.4) is 0 Å². The maximum atomic E-state index is 5.23.